The summed E-state index contributed by atoms with van der Waals surface area (Å²) < 4.78 is 4.13. The molecule has 0 amide bonds. The normalized spacial score (nSPS) is 9.75. The van der Waals surface area contributed by atoms with E-state index in [1.54, 1.807) is 11.9 Å². The molecule has 0 aliphatic carbocycles. The zero-order valence-electron chi connectivity index (χ0n) is 5.68. The lowest BCUT2D eigenvalue weighted by Gasteiger charge is -1.93. The van der Waals surface area contributed by atoms with E-state index >= 15 is 0 Å². The maximum Gasteiger partial charge on any atom is 0.0228 e. The molecule has 0 aliphatic heterocycles. The SMILES string of the molecule is CCCCS[N]CC. The largest absolute Gasteiger partial charge is 0.176 e. The van der Waals surface area contributed by atoms with E-state index in [-0.39, 0.29) is 0 Å². The molecular formula is C6H14NS. The molecule has 0 aromatic rings. The Morgan fingerprint density at radius 3 is 2.62 bits per heavy atom. The molecule has 0 heterocycles. The van der Waals surface area contributed by atoms with Gasteiger partial charge in [-0.1, -0.05) is 25.3 Å². The minimum atomic E-state index is 0.953. The molecule has 0 rings (SSSR count). The summed E-state index contributed by atoms with van der Waals surface area (Å²) in [5.41, 5.74) is 0. The lowest BCUT2D eigenvalue weighted by atomic mass is 10.4. The van der Waals surface area contributed by atoms with E-state index in [1.807, 2.05) is 0 Å². The highest BCUT2D eigenvalue weighted by Crippen LogP contribution is 1.99. The van der Waals surface area contributed by atoms with Gasteiger partial charge in [0.05, 0.1) is 0 Å². The Kier molecular flexibility index (Phi) is 7.59. The van der Waals surface area contributed by atoms with E-state index < -0.39 is 0 Å². The summed E-state index contributed by atoms with van der Waals surface area (Å²) in [6, 6.07) is 0. The van der Waals surface area contributed by atoms with E-state index in [2.05, 4.69) is 18.6 Å². The van der Waals surface area contributed by atoms with Gasteiger partial charge in [-0.25, -0.2) is 0 Å². The number of rotatable bonds is 5. The fourth-order valence-corrected chi connectivity index (χ4v) is 1.09. The van der Waals surface area contributed by atoms with Gasteiger partial charge < -0.3 is 0 Å². The highest BCUT2D eigenvalue weighted by Gasteiger charge is 1.83. The van der Waals surface area contributed by atoms with Crippen molar-refractivity contribution >= 4 is 11.9 Å². The summed E-state index contributed by atoms with van der Waals surface area (Å²) in [5.74, 6) is 1.20. The summed E-state index contributed by atoms with van der Waals surface area (Å²) in [6.45, 7) is 5.22. The first-order chi connectivity index (χ1) is 3.91. The Labute approximate surface area is 56.4 Å². The van der Waals surface area contributed by atoms with Crippen LogP contribution in [0.4, 0.5) is 0 Å². The maximum atomic E-state index is 4.13. The minimum Gasteiger partial charge on any atom is -0.176 e. The Hall–Kier alpha value is 0.310. The Morgan fingerprint density at radius 1 is 1.38 bits per heavy atom. The minimum absolute atomic E-state index is 0.953. The van der Waals surface area contributed by atoms with E-state index in [1.165, 1.54) is 18.6 Å². The zero-order chi connectivity index (χ0) is 6.24. The van der Waals surface area contributed by atoms with Crippen molar-refractivity contribution in [2.24, 2.45) is 0 Å². The van der Waals surface area contributed by atoms with Crippen molar-refractivity contribution in [1.82, 2.24) is 4.72 Å². The second kappa shape index (κ2) is 7.31. The Morgan fingerprint density at radius 2 is 2.12 bits per heavy atom. The van der Waals surface area contributed by atoms with Gasteiger partial charge in [0.2, 0.25) is 0 Å². The molecule has 0 bridgehead atoms. The van der Waals surface area contributed by atoms with Gasteiger partial charge in [0, 0.05) is 12.3 Å². The lowest BCUT2D eigenvalue weighted by molar-refractivity contribution is 0.889. The summed E-state index contributed by atoms with van der Waals surface area (Å²) >= 11 is 1.70. The van der Waals surface area contributed by atoms with Crippen LogP contribution in [0.3, 0.4) is 0 Å². The third-order valence-corrected chi connectivity index (χ3v) is 1.72. The zero-order valence-corrected chi connectivity index (χ0v) is 6.50. The van der Waals surface area contributed by atoms with Crippen LogP contribution in [0.25, 0.3) is 0 Å². The molecule has 0 fully saturated rings. The molecule has 0 aromatic heterocycles. The quantitative estimate of drug-likeness (QED) is 0.412. The molecule has 0 N–H and O–H groups in total. The van der Waals surface area contributed by atoms with Crippen molar-refractivity contribution in [2.75, 3.05) is 12.3 Å². The summed E-state index contributed by atoms with van der Waals surface area (Å²) in [4.78, 5) is 0. The van der Waals surface area contributed by atoms with Crippen molar-refractivity contribution in [2.45, 2.75) is 26.7 Å². The predicted octanol–water partition coefficient (Wildman–Crippen LogP) is 2.06. The predicted molar refractivity (Wildman–Crippen MR) is 40.0 cm³/mol. The first-order valence-corrected chi connectivity index (χ1v) is 4.14. The van der Waals surface area contributed by atoms with Crippen molar-refractivity contribution in [1.29, 1.82) is 0 Å². The summed E-state index contributed by atoms with van der Waals surface area (Å²) in [5, 5.41) is 0. The molecule has 49 valence electrons. The summed E-state index contributed by atoms with van der Waals surface area (Å²) in [6.07, 6.45) is 2.58. The van der Waals surface area contributed by atoms with Crippen molar-refractivity contribution in [3.63, 3.8) is 0 Å². The first-order valence-electron chi connectivity index (χ1n) is 3.20. The van der Waals surface area contributed by atoms with Gasteiger partial charge in [-0.3, -0.25) is 0 Å². The molecule has 1 nitrogen and oxygen atoms in total. The molecular weight excluding hydrogens is 118 g/mol. The number of unbranched alkanes of at least 4 members (excludes halogenated alkanes) is 1. The highest BCUT2D eigenvalue weighted by atomic mass is 32.2. The van der Waals surface area contributed by atoms with Crippen LogP contribution >= 0.6 is 11.9 Å². The molecule has 0 aromatic carbocycles. The smallest absolute Gasteiger partial charge is 0.0228 e. The van der Waals surface area contributed by atoms with Gasteiger partial charge in [-0.2, -0.15) is 4.72 Å². The van der Waals surface area contributed by atoms with E-state index in [0.717, 1.165) is 6.54 Å². The Bertz CT molecular complexity index is 33.5. The van der Waals surface area contributed by atoms with Crippen LogP contribution in [0, 0.1) is 0 Å². The van der Waals surface area contributed by atoms with Crippen LogP contribution in [0.2, 0.25) is 0 Å². The summed E-state index contributed by atoms with van der Waals surface area (Å²) in [7, 11) is 0. The van der Waals surface area contributed by atoms with Crippen molar-refractivity contribution in [3.8, 4) is 0 Å². The second-order valence-corrected chi connectivity index (χ2v) is 2.56. The molecule has 8 heavy (non-hydrogen) atoms. The number of hydrogen-bond acceptors (Lipinski definition) is 1. The van der Waals surface area contributed by atoms with Crippen molar-refractivity contribution < 1.29 is 0 Å². The second-order valence-electron chi connectivity index (χ2n) is 1.63. The fraction of sp³-hybridized carbons (Fsp3) is 1.00. The fourth-order valence-electron chi connectivity index (χ4n) is 0.365. The number of hydrogen-bond donors (Lipinski definition) is 0. The van der Waals surface area contributed by atoms with Crippen LogP contribution in [-0.4, -0.2) is 12.3 Å². The van der Waals surface area contributed by atoms with Crippen LogP contribution in [0.15, 0.2) is 0 Å². The lowest BCUT2D eigenvalue weighted by Crippen LogP contribution is -1.92. The molecule has 1 radical (unpaired) electrons. The average molecular weight is 132 g/mol. The van der Waals surface area contributed by atoms with E-state index in [0.29, 0.717) is 0 Å². The molecule has 0 spiro atoms. The van der Waals surface area contributed by atoms with Gasteiger partial charge in [0.1, 0.15) is 0 Å². The molecule has 0 saturated heterocycles. The van der Waals surface area contributed by atoms with Gasteiger partial charge >= 0.3 is 0 Å². The van der Waals surface area contributed by atoms with Gasteiger partial charge in [-0.05, 0) is 13.3 Å². The molecule has 0 unspecified atom stereocenters. The van der Waals surface area contributed by atoms with Gasteiger partial charge in [0.15, 0.2) is 0 Å². The Balaban J connectivity index is 2.53. The van der Waals surface area contributed by atoms with Crippen LogP contribution in [0.1, 0.15) is 26.7 Å². The highest BCUT2D eigenvalue weighted by molar-refractivity contribution is 7.97. The number of nitrogens with zero attached hydrogens (tertiary/aromatic N) is 1. The molecule has 0 saturated carbocycles. The maximum absolute atomic E-state index is 4.13. The standard InChI is InChI=1S/C6H14NS/c1-3-5-6-8-7-4-2/h3-6H2,1-2H3. The topological polar surface area (TPSA) is 14.1 Å². The first kappa shape index (κ1) is 8.31. The van der Waals surface area contributed by atoms with Gasteiger partial charge in [0.25, 0.3) is 0 Å². The third kappa shape index (κ3) is 6.31. The molecule has 0 atom stereocenters. The molecule has 2 heteroatoms. The monoisotopic (exact) mass is 132 g/mol. The van der Waals surface area contributed by atoms with Crippen LogP contribution in [0.5, 0.6) is 0 Å². The van der Waals surface area contributed by atoms with E-state index in [9.17, 15) is 0 Å². The van der Waals surface area contributed by atoms with E-state index in [4.69, 9.17) is 0 Å². The van der Waals surface area contributed by atoms with Crippen LogP contribution < -0.4 is 4.72 Å². The average Bonchev–Trinajstić information content (AvgIpc) is 1.81. The molecule has 0 aliphatic rings. The third-order valence-electron chi connectivity index (χ3n) is 0.810. The van der Waals surface area contributed by atoms with Gasteiger partial charge in [-0.15, -0.1) is 0 Å². The van der Waals surface area contributed by atoms with Crippen molar-refractivity contribution in [3.05, 3.63) is 0 Å². The van der Waals surface area contributed by atoms with Crippen LogP contribution in [-0.2, 0) is 0 Å².